The summed E-state index contributed by atoms with van der Waals surface area (Å²) in [5.74, 6) is -0.914. The third kappa shape index (κ3) is 4.70. The lowest BCUT2D eigenvalue weighted by atomic mass is 10.2. The Labute approximate surface area is 222 Å². The summed E-state index contributed by atoms with van der Waals surface area (Å²) in [7, 11) is 1.75. The van der Waals surface area contributed by atoms with Gasteiger partial charge in [0.1, 0.15) is 6.07 Å². The van der Waals surface area contributed by atoms with Crippen LogP contribution in [-0.2, 0) is 6.54 Å². The molecule has 0 fully saturated rings. The van der Waals surface area contributed by atoms with E-state index in [0.29, 0.717) is 16.3 Å². The molecule has 0 atom stereocenters. The first-order valence-corrected chi connectivity index (χ1v) is 12.2. The van der Waals surface area contributed by atoms with Crippen molar-refractivity contribution >= 4 is 49.9 Å². The first-order valence-electron chi connectivity index (χ1n) is 11.0. The predicted octanol–water partition coefficient (Wildman–Crippen LogP) is 3.60. The van der Waals surface area contributed by atoms with Crippen molar-refractivity contribution in [2.45, 2.75) is 13.5 Å². The average molecular weight is 550 g/mol. The molecule has 0 saturated heterocycles. The van der Waals surface area contributed by atoms with Crippen LogP contribution in [0.4, 0.5) is 21.2 Å². The molecule has 38 heavy (non-hydrogen) atoms. The van der Waals surface area contributed by atoms with Crippen molar-refractivity contribution in [3.63, 3.8) is 0 Å². The van der Waals surface area contributed by atoms with Crippen molar-refractivity contribution in [1.82, 2.24) is 29.1 Å². The van der Waals surface area contributed by atoms with Crippen LogP contribution in [0.3, 0.4) is 0 Å². The van der Waals surface area contributed by atoms with Gasteiger partial charge in [0, 0.05) is 13.2 Å². The number of hydrogen-bond acceptors (Lipinski definition) is 10. The van der Waals surface area contributed by atoms with E-state index >= 15 is 0 Å². The Balaban J connectivity index is 1.68. The van der Waals surface area contributed by atoms with E-state index in [2.05, 4.69) is 30.6 Å². The van der Waals surface area contributed by atoms with Crippen LogP contribution in [0, 0.1) is 24.1 Å². The predicted molar refractivity (Wildman–Crippen MR) is 142 cm³/mol. The Bertz CT molecular complexity index is 1880. The van der Waals surface area contributed by atoms with Crippen molar-refractivity contribution in [1.29, 1.82) is 5.26 Å². The molecule has 0 unspecified atom stereocenters. The first-order chi connectivity index (χ1) is 18.3. The summed E-state index contributed by atoms with van der Waals surface area (Å²) in [4.78, 5) is 43.3. The van der Waals surface area contributed by atoms with Crippen LogP contribution in [0.1, 0.15) is 16.8 Å². The largest absolute Gasteiger partial charge is 0.365 e. The molecular weight excluding hydrogens is 533 g/mol. The molecule has 0 saturated carbocycles. The van der Waals surface area contributed by atoms with E-state index in [1.165, 1.54) is 23.6 Å². The second-order valence-electron chi connectivity index (χ2n) is 8.10. The zero-order valence-electron chi connectivity index (χ0n) is 19.9. The van der Waals surface area contributed by atoms with Crippen molar-refractivity contribution < 1.29 is 4.39 Å². The number of hydrogen-bond donors (Lipinski definition) is 2. The highest BCUT2D eigenvalue weighted by Gasteiger charge is 2.18. The van der Waals surface area contributed by atoms with Gasteiger partial charge in [-0.2, -0.15) is 10.2 Å². The number of fused-ring (bicyclic) bond motifs is 1. The molecule has 0 aliphatic carbocycles. The second-order valence-corrected chi connectivity index (χ2v) is 9.54. The van der Waals surface area contributed by atoms with Gasteiger partial charge in [0.15, 0.2) is 10.9 Å². The zero-order valence-corrected chi connectivity index (χ0v) is 21.4. The fraction of sp³-hybridized carbons (Fsp3) is 0.125. The van der Waals surface area contributed by atoms with Crippen molar-refractivity contribution in [2.75, 3.05) is 17.7 Å². The highest BCUT2D eigenvalue weighted by molar-refractivity contribution is 7.22. The molecule has 4 heterocycles. The minimum Gasteiger partial charge on any atom is -0.365 e. The SMILES string of the molecule is CNc1nc2cc(Cl)c(Nc3nc(=O)n(-c4cncc(C)c4)c(=O)n3Cc3cc(C#N)c(F)cn3)cc2s1. The minimum atomic E-state index is -0.849. The summed E-state index contributed by atoms with van der Waals surface area (Å²) in [6, 6.07) is 7.98. The molecule has 0 amide bonds. The van der Waals surface area contributed by atoms with Crippen LogP contribution >= 0.6 is 22.9 Å². The number of nitrogens with zero attached hydrogens (tertiary/aromatic N) is 7. The molecule has 4 aromatic heterocycles. The van der Waals surface area contributed by atoms with Crippen LogP contribution in [0.25, 0.3) is 15.9 Å². The quantitative estimate of drug-likeness (QED) is 0.324. The second kappa shape index (κ2) is 10.0. The summed E-state index contributed by atoms with van der Waals surface area (Å²) in [5, 5.41) is 16.1. The van der Waals surface area contributed by atoms with Crippen molar-refractivity contribution in [2.24, 2.45) is 0 Å². The number of anilines is 3. The summed E-state index contributed by atoms with van der Waals surface area (Å²) in [6.07, 6.45) is 3.85. The molecule has 0 aliphatic heterocycles. The number of aromatic nitrogens is 6. The van der Waals surface area contributed by atoms with E-state index in [4.69, 9.17) is 11.6 Å². The maximum absolute atomic E-state index is 13.9. The van der Waals surface area contributed by atoms with Gasteiger partial charge in [-0.05, 0) is 36.8 Å². The maximum Gasteiger partial charge on any atom is 0.359 e. The van der Waals surface area contributed by atoms with Gasteiger partial charge < -0.3 is 10.6 Å². The summed E-state index contributed by atoms with van der Waals surface area (Å²) in [5.41, 5.74) is 0.363. The Kier molecular flexibility index (Phi) is 6.58. The average Bonchev–Trinajstić information content (AvgIpc) is 3.29. The van der Waals surface area contributed by atoms with E-state index in [9.17, 15) is 19.2 Å². The van der Waals surface area contributed by atoms with Gasteiger partial charge in [0.05, 0.1) is 56.8 Å². The molecular formula is C24H17ClFN9O2S. The van der Waals surface area contributed by atoms with Crippen molar-refractivity contribution in [3.8, 4) is 11.8 Å². The highest BCUT2D eigenvalue weighted by Crippen LogP contribution is 2.34. The number of rotatable bonds is 6. The van der Waals surface area contributed by atoms with E-state index in [0.717, 1.165) is 25.6 Å². The van der Waals surface area contributed by atoms with Gasteiger partial charge in [-0.1, -0.05) is 22.9 Å². The van der Waals surface area contributed by atoms with Gasteiger partial charge in [-0.3, -0.25) is 14.5 Å². The summed E-state index contributed by atoms with van der Waals surface area (Å²) >= 11 is 7.88. The van der Waals surface area contributed by atoms with Crippen molar-refractivity contribution in [3.05, 3.63) is 91.5 Å². The number of nitriles is 1. The third-order valence-corrected chi connectivity index (χ3v) is 6.83. The Hall–Kier alpha value is -4.67. The third-order valence-electron chi connectivity index (χ3n) is 5.48. The van der Waals surface area contributed by atoms with Gasteiger partial charge >= 0.3 is 11.4 Å². The van der Waals surface area contributed by atoms with E-state index in [-0.39, 0.29) is 34.5 Å². The molecule has 11 nitrogen and oxygen atoms in total. The molecule has 5 rings (SSSR count). The molecule has 0 spiro atoms. The number of benzene rings is 1. The fourth-order valence-electron chi connectivity index (χ4n) is 3.70. The lowest BCUT2D eigenvalue weighted by molar-refractivity contribution is 0.608. The smallest absolute Gasteiger partial charge is 0.359 e. The summed E-state index contributed by atoms with van der Waals surface area (Å²) < 4.78 is 16.7. The van der Waals surface area contributed by atoms with Crippen LogP contribution in [0.2, 0.25) is 5.02 Å². The molecule has 5 aromatic rings. The van der Waals surface area contributed by atoms with Crippen LogP contribution < -0.4 is 22.0 Å². The Morgan fingerprint density at radius 2 is 1.97 bits per heavy atom. The van der Waals surface area contributed by atoms with Gasteiger partial charge in [-0.25, -0.2) is 23.5 Å². The van der Waals surface area contributed by atoms with Gasteiger partial charge in [0.2, 0.25) is 5.95 Å². The molecule has 2 N–H and O–H groups in total. The minimum absolute atomic E-state index is 0.124. The van der Waals surface area contributed by atoms with Gasteiger partial charge in [0.25, 0.3) is 0 Å². The number of pyridine rings is 2. The normalized spacial score (nSPS) is 10.9. The van der Waals surface area contributed by atoms with Crippen LogP contribution in [0.15, 0.2) is 52.4 Å². The molecule has 0 aliphatic rings. The lowest BCUT2D eigenvalue weighted by Gasteiger charge is -2.16. The number of halogens is 2. The van der Waals surface area contributed by atoms with Crippen LogP contribution in [0.5, 0.6) is 0 Å². The Morgan fingerprint density at radius 3 is 2.71 bits per heavy atom. The molecule has 1 aromatic carbocycles. The van der Waals surface area contributed by atoms with E-state index in [1.807, 2.05) is 0 Å². The topological polar surface area (TPSA) is 143 Å². The lowest BCUT2D eigenvalue weighted by Crippen LogP contribution is -2.42. The summed E-state index contributed by atoms with van der Waals surface area (Å²) in [6.45, 7) is 1.54. The standard InChI is InChI=1S/C24H17ClFN9O2S/c1-12-3-15(9-29-8-12)35-23(36)33-21(31-18-6-20-19(5-16(18)25)32-22(28-2)38-20)34(24(35)37)11-14-4-13(7-27)17(26)10-30-14/h3-6,8-10H,11H2,1-2H3,(H,28,32)(H,31,33,36). The maximum atomic E-state index is 13.9. The van der Waals surface area contributed by atoms with E-state index < -0.39 is 17.2 Å². The van der Waals surface area contributed by atoms with E-state index in [1.54, 1.807) is 44.4 Å². The Morgan fingerprint density at radius 1 is 1.16 bits per heavy atom. The number of thiazole rings is 1. The fourth-order valence-corrected chi connectivity index (χ4v) is 4.75. The zero-order chi connectivity index (χ0) is 27.0. The highest BCUT2D eigenvalue weighted by atomic mass is 35.5. The molecule has 0 radical (unpaired) electrons. The van der Waals surface area contributed by atoms with Gasteiger partial charge in [-0.15, -0.1) is 0 Å². The number of nitrogens with one attached hydrogen (secondary N) is 2. The van der Waals surface area contributed by atoms with Crippen LogP contribution in [-0.4, -0.2) is 36.1 Å². The number of aryl methyl sites for hydroxylation is 1. The molecule has 0 bridgehead atoms. The molecule has 190 valence electrons. The molecule has 14 heteroatoms. The first kappa shape index (κ1) is 25.0. The monoisotopic (exact) mass is 549 g/mol.